The summed E-state index contributed by atoms with van der Waals surface area (Å²) < 4.78 is 5.66. The minimum atomic E-state index is -0.253. The van der Waals surface area contributed by atoms with Crippen LogP contribution in [0.4, 0.5) is 0 Å². The highest BCUT2D eigenvalue weighted by molar-refractivity contribution is 5.99. The number of aryl methyl sites for hydroxylation is 1. The van der Waals surface area contributed by atoms with Gasteiger partial charge in [-0.25, -0.2) is 0 Å². The van der Waals surface area contributed by atoms with Crippen molar-refractivity contribution in [1.82, 2.24) is 0 Å². The van der Waals surface area contributed by atoms with Crippen molar-refractivity contribution in [2.75, 3.05) is 0 Å². The minimum Gasteiger partial charge on any atom is -0.507 e. The standard InChI is InChI=1S/C49H88O4/c1-4-6-8-10-12-14-16-18-20-22-24-26-28-30-32-34-36-38-40-46(50)45-43-48(44(3)42-47(45)51)53-49(52)41-39-37-35-33-31-29-27-25-23-21-19-17-15-13-11-9-7-5-2/h42-43,51H,4-41H2,1-3H3. The quantitative estimate of drug-likeness (QED) is 0.0315. The van der Waals surface area contributed by atoms with Crippen LogP contribution in [0.1, 0.15) is 274 Å². The molecule has 0 radical (unpaired) electrons. The van der Waals surface area contributed by atoms with Crippen LogP contribution in [0.25, 0.3) is 0 Å². The van der Waals surface area contributed by atoms with E-state index in [9.17, 15) is 14.7 Å². The lowest BCUT2D eigenvalue weighted by molar-refractivity contribution is -0.134. The van der Waals surface area contributed by atoms with E-state index in [-0.39, 0.29) is 23.1 Å². The zero-order chi connectivity index (χ0) is 38.5. The first kappa shape index (κ1) is 49.2. The molecule has 0 aliphatic heterocycles. The predicted molar refractivity (Wildman–Crippen MR) is 230 cm³/mol. The van der Waals surface area contributed by atoms with Crippen LogP contribution in [0, 0.1) is 6.92 Å². The number of rotatable bonds is 40. The molecule has 0 amide bonds. The molecule has 53 heavy (non-hydrogen) atoms. The first-order valence-electron chi connectivity index (χ1n) is 23.6. The Morgan fingerprint density at radius 1 is 0.434 bits per heavy atom. The average Bonchev–Trinajstić information content (AvgIpc) is 3.14. The average molecular weight is 741 g/mol. The number of carbonyl (C=O) groups excluding carboxylic acids is 2. The molecule has 0 aliphatic carbocycles. The van der Waals surface area contributed by atoms with Crippen molar-refractivity contribution in [2.24, 2.45) is 0 Å². The highest BCUT2D eigenvalue weighted by Crippen LogP contribution is 2.30. The van der Waals surface area contributed by atoms with Gasteiger partial charge in [-0.3, -0.25) is 9.59 Å². The Morgan fingerprint density at radius 2 is 0.717 bits per heavy atom. The normalized spacial score (nSPS) is 11.4. The second-order valence-electron chi connectivity index (χ2n) is 16.6. The summed E-state index contributed by atoms with van der Waals surface area (Å²) in [6.07, 6.45) is 48.3. The van der Waals surface area contributed by atoms with Crippen molar-refractivity contribution in [3.8, 4) is 11.5 Å². The van der Waals surface area contributed by atoms with E-state index in [1.54, 1.807) is 12.1 Å². The van der Waals surface area contributed by atoms with Crippen LogP contribution in [-0.2, 0) is 4.79 Å². The van der Waals surface area contributed by atoms with Gasteiger partial charge in [0.25, 0.3) is 0 Å². The third-order valence-corrected chi connectivity index (χ3v) is 11.3. The summed E-state index contributed by atoms with van der Waals surface area (Å²) in [4.78, 5) is 25.5. The van der Waals surface area contributed by atoms with Crippen LogP contribution < -0.4 is 4.74 Å². The second-order valence-corrected chi connectivity index (χ2v) is 16.6. The molecule has 0 saturated carbocycles. The third kappa shape index (κ3) is 30.1. The molecule has 1 aromatic carbocycles. The molecule has 0 spiro atoms. The highest BCUT2D eigenvalue weighted by atomic mass is 16.5. The smallest absolute Gasteiger partial charge is 0.311 e. The number of Topliss-reactive ketones (excluding diaryl/α,β-unsaturated/α-hetero) is 1. The maximum Gasteiger partial charge on any atom is 0.311 e. The lowest BCUT2D eigenvalue weighted by Gasteiger charge is -2.11. The number of hydrogen-bond acceptors (Lipinski definition) is 4. The van der Waals surface area contributed by atoms with E-state index < -0.39 is 0 Å². The van der Waals surface area contributed by atoms with Crippen molar-refractivity contribution in [1.29, 1.82) is 0 Å². The zero-order valence-electron chi connectivity index (χ0n) is 35.7. The molecule has 0 atom stereocenters. The Morgan fingerprint density at radius 3 is 1.04 bits per heavy atom. The number of ether oxygens (including phenoxy) is 1. The monoisotopic (exact) mass is 741 g/mol. The second kappa shape index (κ2) is 37.1. The van der Waals surface area contributed by atoms with Gasteiger partial charge in [-0.2, -0.15) is 0 Å². The topological polar surface area (TPSA) is 63.6 Å². The lowest BCUT2D eigenvalue weighted by Crippen LogP contribution is -2.10. The van der Waals surface area contributed by atoms with Crippen LogP contribution in [-0.4, -0.2) is 16.9 Å². The lowest BCUT2D eigenvalue weighted by atomic mass is 10.0. The van der Waals surface area contributed by atoms with Gasteiger partial charge in [-0.05, 0) is 37.5 Å². The van der Waals surface area contributed by atoms with Crippen LogP contribution in [0.3, 0.4) is 0 Å². The Hall–Kier alpha value is -1.84. The van der Waals surface area contributed by atoms with Gasteiger partial charge in [0.05, 0.1) is 5.56 Å². The Labute approximate surface area is 329 Å². The molecule has 0 saturated heterocycles. The van der Waals surface area contributed by atoms with Crippen molar-refractivity contribution < 1.29 is 19.4 Å². The predicted octanol–water partition coefficient (Wildman–Crippen LogP) is 16.7. The maximum absolute atomic E-state index is 12.9. The first-order valence-corrected chi connectivity index (χ1v) is 23.6. The van der Waals surface area contributed by atoms with Crippen molar-refractivity contribution >= 4 is 11.8 Å². The number of hydrogen-bond donors (Lipinski definition) is 1. The van der Waals surface area contributed by atoms with Crippen LogP contribution >= 0.6 is 0 Å². The van der Waals surface area contributed by atoms with E-state index >= 15 is 0 Å². The van der Waals surface area contributed by atoms with Crippen molar-refractivity contribution in [3.63, 3.8) is 0 Å². The number of unbranched alkanes of at least 4 members (excludes halogenated alkanes) is 34. The van der Waals surface area contributed by atoms with Gasteiger partial charge < -0.3 is 9.84 Å². The number of phenolic OH excluding ortho intramolecular Hbond substituents is 1. The molecule has 0 heterocycles. The summed E-state index contributed by atoms with van der Waals surface area (Å²) in [5.41, 5.74) is 0.955. The van der Waals surface area contributed by atoms with E-state index in [0.29, 0.717) is 24.2 Å². The summed E-state index contributed by atoms with van der Waals surface area (Å²) in [5, 5.41) is 10.5. The molecule has 0 aliphatic rings. The maximum atomic E-state index is 12.9. The van der Waals surface area contributed by atoms with Gasteiger partial charge in [0.2, 0.25) is 0 Å². The SMILES string of the molecule is CCCCCCCCCCCCCCCCCCCCC(=O)Oc1cc(C(=O)CCCCCCCCCCCCCCCCCCCC)c(O)cc1C. The van der Waals surface area contributed by atoms with E-state index in [1.165, 1.54) is 199 Å². The van der Waals surface area contributed by atoms with E-state index in [2.05, 4.69) is 13.8 Å². The molecule has 1 rings (SSSR count). The molecular weight excluding hydrogens is 653 g/mol. The molecule has 0 fully saturated rings. The number of aromatic hydroxyl groups is 1. The minimum absolute atomic E-state index is 0.0156. The molecule has 0 unspecified atom stereocenters. The molecule has 0 aromatic heterocycles. The number of benzene rings is 1. The van der Waals surface area contributed by atoms with Crippen LogP contribution in [0.5, 0.6) is 11.5 Å². The third-order valence-electron chi connectivity index (χ3n) is 11.3. The number of phenols is 1. The Balaban J connectivity index is 2.04. The van der Waals surface area contributed by atoms with Gasteiger partial charge in [0.1, 0.15) is 11.5 Å². The molecule has 1 N–H and O–H groups in total. The fourth-order valence-electron chi connectivity index (χ4n) is 7.67. The van der Waals surface area contributed by atoms with E-state index in [4.69, 9.17) is 4.74 Å². The number of ketones is 1. The van der Waals surface area contributed by atoms with Gasteiger partial charge in [-0.1, -0.05) is 232 Å². The molecular formula is C49H88O4. The Kier molecular flexibility index (Phi) is 34.4. The molecule has 0 bridgehead atoms. The molecule has 1 aromatic rings. The number of carbonyl (C=O) groups is 2. The van der Waals surface area contributed by atoms with E-state index in [0.717, 1.165) is 32.1 Å². The summed E-state index contributed by atoms with van der Waals surface area (Å²) in [6, 6.07) is 3.14. The molecule has 4 heteroatoms. The van der Waals surface area contributed by atoms with Gasteiger partial charge >= 0.3 is 5.97 Å². The van der Waals surface area contributed by atoms with Crippen molar-refractivity contribution in [3.05, 3.63) is 23.3 Å². The first-order chi connectivity index (χ1) is 26.0. The van der Waals surface area contributed by atoms with Gasteiger partial charge in [-0.15, -0.1) is 0 Å². The summed E-state index contributed by atoms with van der Waals surface area (Å²) >= 11 is 0. The van der Waals surface area contributed by atoms with Crippen molar-refractivity contribution in [2.45, 2.75) is 265 Å². The zero-order valence-corrected chi connectivity index (χ0v) is 35.7. The summed E-state index contributed by atoms with van der Waals surface area (Å²) in [6.45, 7) is 6.38. The number of esters is 1. The largest absolute Gasteiger partial charge is 0.507 e. The van der Waals surface area contributed by atoms with Gasteiger partial charge in [0, 0.05) is 12.8 Å². The van der Waals surface area contributed by atoms with Crippen LogP contribution in [0.15, 0.2) is 12.1 Å². The van der Waals surface area contributed by atoms with Crippen LogP contribution in [0.2, 0.25) is 0 Å². The summed E-state index contributed by atoms with van der Waals surface area (Å²) in [7, 11) is 0. The summed E-state index contributed by atoms with van der Waals surface area (Å²) in [5.74, 6) is 0.0616. The fraction of sp³-hybridized carbons (Fsp3) is 0.837. The van der Waals surface area contributed by atoms with E-state index in [1.807, 2.05) is 6.92 Å². The Bertz CT molecular complexity index is 985. The fourth-order valence-corrected chi connectivity index (χ4v) is 7.67. The van der Waals surface area contributed by atoms with Gasteiger partial charge in [0.15, 0.2) is 5.78 Å². The molecule has 308 valence electrons. The molecule has 4 nitrogen and oxygen atoms in total. The highest BCUT2D eigenvalue weighted by Gasteiger charge is 2.16.